The first-order valence-electron chi connectivity index (χ1n) is 14.8. The quantitative estimate of drug-likeness (QED) is 0.297. The van der Waals surface area contributed by atoms with Crippen molar-refractivity contribution in [3.05, 3.63) is 54.1 Å². The van der Waals surface area contributed by atoms with Crippen molar-refractivity contribution in [2.24, 2.45) is 0 Å². The summed E-state index contributed by atoms with van der Waals surface area (Å²) in [6, 6.07) is 7.18. The van der Waals surface area contributed by atoms with Crippen LogP contribution in [0.5, 0.6) is 5.88 Å². The van der Waals surface area contributed by atoms with Gasteiger partial charge in [0.2, 0.25) is 11.8 Å². The van der Waals surface area contributed by atoms with Gasteiger partial charge in [-0.1, -0.05) is 6.07 Å². The van der Waals surface area contributed by atoms with E-state index in [2.05, 4.69) is 25.5 Å². The molecule has 2 bridgehead atoms. The van der Waals surface area contributed by atoms with E-state index in [1.54, 1.807) is 35.5 Å². The van der Waals surface area contributed by atoms with Gasteiger partial charge < -0.3 is 34.9 Å². The van der Waals surface area contributed by atoms with Crippen LogP contribution in [0.3, 0.4) is 0 Å². The number of aromatic nitrogens is 4. The first kappa shape index (κ1) is 28.0. The molecule has 3 aliphatic heterocycles. The predicted octanol–water partition coefficient (Wildman–Crippen LogP) is 4.80. The summed E-state index contributed by atoms with van der Waals surface area (Å²) < 4.78 is 28.0. The Morgan fingerprint density at radius 1 is 1.11 bits per heavy atom. The number of aromatic amines is 1. The van der Waals surface area contributed by atoms with Gasteiger partial charge in [-0.05, 0) is 57.9 Å². The lowest BCUT2D eigenvalue weighted by atomic mass is 10.0. The highest BCUT2D eigenvalue weighted by Gasteiger charge is 2.39. The molecule has 3 aromatic heterocycles. The molecule has 4 aromatic rings. The van der Waals surface area contributed by atoms with Gasteiger partial charge in [-0.15, -0.1) is 0 Å². The van der Waals surface area contributed by atoms with Gasteiger partial charge in [0.1, 0.15) is 22.6 Å². The Morgan fingerprint density at radius 2 is 1.89 bits per heavy atom. The van der Waals surface area contributed by atoms with Crippen molar-refractivity contribution in [3.63, 3.8) is 0 Å². The number of anilines is 3. The molecule has 7 rings (SSSR count). The largest absolute Gasteiger partial charge is 0.469 e. The van der Waals surface area contributed by atoms with E-state index < -0.39 is 17.4 Å². The summed E-state index contributed by atoms with van der Waals surface area (Å²) in [4.78, 5) is 47.2. The fourth-order valence-corrected chi connectivity index (χ4v) is 6.17. The number of carbonyl (C=O) groups is 2. The highest BCUT2D eigenvalue weighted by atomic mass is 19.1. The van der Waals surface area contributed by atoms with E-state index in [1.807, 2.05) is 20.8 Å². The van der Waals surface area contributed by atoms with Crippen LogP contribution >= 0.6 is 0 Å². The molecule has 12 nitrogen and oxygen atoms in total. The van der Waals surface area contributed by atoms with Gasteiger partial charge in [-0.3, -0.25) is 4.79 Å². The van der Waals surface area contributed by atoms with Crippen LogP contribution in [0.1, 0.15) is 44.0 Å². The summed E-state index contributed by atoms with van der Waals surface area (Å²) in [7, 11) is 0. The van der Waals surface area contributed by atoms with Gasteiger partial charge in [0, 0.05) is 43.0 Å². The number of urea groups is 1. The lowest BCUT2D eigenvalue weighted by Crippen LogP contribution is -2.43. The number of halogens is 1. The van der Waals surface area contributed by atoms with E-state index in [0.717, 1.165) is 18.2 Å². The number of hydrogen-bond donors (Lipinski definition) is 3. The van der Waals surface area contributed by atoms with Crippen LogP contribution < -0.4 is 20.3 Å². The Labute approximate surface area is 253 Å². The molecule has 3 N–H and O–H groups in total. The van der Waals surface area contributed by atoms with Crippen molar-refractivity contribution in [1.29, 1.82) is 0 Å². The number of carbonyl (C=O) groups excluding carboxylic acids is 2. The third-order valence-corrected chi connectivity index (χ3v) is 8.22. The zero-order chi connectivity index (χ0) is 30.6. The summed E-state index contributed by atoms with van der Waals surface area (Å²) in [5.74, 6) is -0.396. The van der Waals surface area contributed by atoms with E-state index in [1.165, 1.54) is 12.1 Å². The number of pyridine rings is 1. The second-order valence-electron chi connectivity index (χ2n) is 12.0. The van der Waals surface area contributed by atoms with Crippen molar-refractivity contribution >= 4 is 40.3 Å². The van der Waals surface area contributed by atoms with Crippen LogP contribution in [-0.4, -0.2) is 80.8 Å². The van der Waals surface area contributed by atoms with Crippen LogP contribution in [0.25, 0.3) is 22.3 Å². The zero-order valence-electron chi connectivity index (χ0n) is 24.7. The summed E-state index contributed by atoms with van der Waals surface area (Å²) in [6.07, 6.45) is 5.40. The van der Waals surface area contributed by atoms with Crippen LogP contribution in [0.4, 0.5) is 26.5 Å². The maximum absolute atomic E-state index is 15.6. The van der Waals surface area contributed by atoms with Gasteiger partial charge in [0.15, 0.2) is 0 Å². The molecule has 44 heavy (non-hydrogen) atoms. The van der Waals surface area contributed by atoms with Crippen LogP contribution in [-0.2, 0) is 4.74 Å². The van der Waals surface area contributed by atoms with E-state index in [0.29, 0.717) is 49.0 Å². The number of rotatable bonds is 5. The zero-order valence-corrected chi connectivity index (χ0v) is 24.7. The normalized spacial score (nSPS) is 20.7. The maximum Gasteiger partial charge on any atom is 0.323 e. The highest BCUT2D eigenvalue weighted by molar-refractivity contribution is 6.05. The summed E-state index contributed by atoms with van der Waals surface area (Å²) in [5.41, 5.74) is 1.22. The first-order chi connectivity index (χ1) is 21.2. The molecule has 228 valence electrons. The Morgan fingerprint density at radius 3 is 2.64 bits per heavy atom. The number of morpholine rings is 1. The third-order valence-electron chi connectivity index (χ3n) is 8.22. The molecule has 2 atom stereocenters. The second-order valence-corrected chi connectivity index (χ2v) is 12.0. The SMILES string of the molecule is CCN1CC(C)(C)Oc2nc(N3CC4CCC(C3)O4)nc(-c3ccc(NC(=O)Nc4ccnc5[nH]ccc45)c(F)c3)c2C1=O. The molecule has 13 heteroatoms. The van der Waals surface area contributed by atoms with Crippen molar-refractivity contribution in [2.45, 2.75) is 51.4 Å². The lowest BCUT2D eigenvalue weighted by Gasteiger charge is -2.33. The van der Waals surface area contributed by atoms with E-state index in [9.17, 15) is 9.59 Å². The average molecular weight is 601 g/mol. The minimum absolute atomic E-state index is 0.0327. The maximum atomic E-state index is 15.6. The molecule has 6 heterocycles. The van der Waals surface area contributed by atoms with Crippen LogP contribution in [0.2, 0.25) is 0 Å². The number of ether oxygens (including phenoxy) is 2. The van der Waals surface area contributed by atoms with Crippen molar-refractivity contribution in [1.82, 2.24) is 24.8 Å². The Balaban J connectivity index is 1.24. The van der Waals surface area contributed by atoms with Crippen LogP contribution in [0.15, 0.2) is 42.7 Å². The summed E-state index contributed by atoms with van der Waals surface area (Å²) in [5, 5.41) is 6.04. The smallest absolute Gasteiger partial charge is 0.323 e. The number of benzene rings is 1. The van der Waals surface area contributed by atoms with E-state index in [4.69, 9.17) is 19.4 Å². The molecule has 0 saturated carbocycles. The molecule has 1 aromatic carbocycles. The number of nitrogens with zero attached hydrogens (tertiary/aromatic N) is 5. The van der Waals surface area contributed by atoms with Crippen LogP contribution in [0, 0.1) is 5.82 Å². The fourth-order valence-electron chi connectivity index (χ4n) is 6.17. The van der Waals surface area contributed by atoms with Gasteiger partial charge in [-0.2, -0.15) is 4.98 Å². The number of fused-ring (bicyclic) bond motifs is 4. The number of likely N-dealkylation sites (N-methyl/N-ethyl adjacent to an activating group) is 1. The Bertz CT molecular complexity index is 1760. The molecule has 3 aliphatic rings. The topological polar surface area (TPSA) is 138 Å². The monoisotopic (exact) mass is 600 g/mol. The van der Waals surface area contributed by atoms with Gasteiger partial charge >= 0.3 is 6.03 Å². The minimum Gasteiger partial charge on any atom is -0.469 e. The minimum atomic E-state index is -0.711. The number of H-pyrrole nitrogens is 1. The van der Waals surface area contributed by atoms with E-state index >= 15 is 4.39 Å². The molecule has 3 amide bonds. The molecule has 2 fully saturated rings. The first-order valence-corrected chi connectivity index (χ1v) is 14.8. The van der Waals surface area contributed by atoms with Gasteiger partial charge in [-0.25, -0.2) is 19.2 Å². The molecule has 0 aliphatic carbocycles. The number of amides is 3. The molecular formula is C31H33FN8O4. The Hall–Kier alpha value is -4.78. The number of nitrogens with one attached hydrogen (secondary N) is 3. The number of hydrogen-bond acceptors (Lipinski definition) is 8. The third kappa shape index (κ3) is 5.17. The Kier molecular flexibility index (Phi) is 6.84. The second kappa shape index (κ2) is 10.7. The van der Waals surface area contributed by atoms with Gasteiger partial charge in [0.25, 0.3) is 5.91 Å². The summed E-state index contributed by atoms with van der Waals surface area (Å²) in [6.45, 7) is 7.76. The standard InChI is InChI=1S/C31H33FN8O4/c1-4-39-16-31(2,3)44-27-24(28(39)41)25(37-29(38-27)40-14-18-6-7-19(15-40)43-18)17-5-8-23(21(32)13-17)36-30(42)35-22-10-12-34-26-20(22)9-11-33-26/h5,8-13,18-19H,4,6-7,14-16H2,1-3H3,(H3,33,34,35,36,42). The highest BCUT2D eigenvalue weighted by Crippen LogP contribution is 2.38. The van der Waals surface area contributed by atoms with Crippen molar-refractivity contribution in [3.8, 4) is 17.1 Å². The molecular weight excluding hydrogens is 567 g/mol. The van der Waals surface area contributed by atoms with Gasteiger partial charge in [0.05, 0.1) is 35.8 Å². The summed E-state index contributed by atoms with van der Waals surface area (Å²) >= 11 is 0. The van der Waals surface area contributed by atoms with Crippen molar-refractivity contribution in [2.75, 3.05) is 41.7 Å². The van der Waals surface area contributed by atoms with Crippen molar-refractivity contribution < 1.29 is 23.5 Å². The molecule has 2 saturated heterocycles. The predicted molar refractivity (Wildman–Crippen MR) is 163 cm³/mol. The van der Waals surface area contributed by atoms with E-state index in [-0.39, 0.29) is 40.9 Å². The average Bonchev–Trinajstić information content (AvgIpc) is 3.59. The molecule has 2 unspecified atom stereocenters. The lowest BCUT2D eigenvalue weighted by molar-refractivity contribution is 0.0297. The fraction of sp³-hybridized carbons (Fsp3) is 0.387. The molecule has 0 spiro atoms. The molecule has 0 radical (unpaired) electrons.